The summed E-state index contributed by atoms with van der Waals surface area (Å²) >= 11 is 2.94. The summed E-state index contributed by atoms with van der Waals surface area (Å²) in [6.45, 7) is 3.90. The van der Waals surface area contributed by atoms with Gasteiger partial charge in [-0.2, -0.15) is 0 Å². The molecule has 0 aliphatic heterocycles. The molecule has 1 heterocycles. The largest absolute Gasteiger partial charge is 0.357 e. The summed E-state index contributed by atoms with van der Waals surface area (Å²) in [4.78, 5) is 11.4. The molecular formula is C10H16N4OS2. The predicted octanol–water partition coefficient (Wildman–Crippen LogP) is 1.73. The summed E-state index contributed by atoms with van der Waals surface area (Å²) in [5.41, 5.74) is 0. The maximum absolute atomic E-state index is 11.4. The van der Waals surface area contributed by atoms with Gasteiger partial charge in [0, 0.05) is 12.1 Å². The Bertz CT molecular complexity index is 389. The first kappa shape index (κ1) is 12.6. The van der Waals surface area contributed by atoms with E-state index in [0.29, 0.717) is 11.8 Å². The quantitative estimate of drug-likeness (QED) is 0.772. The third-order valence-electron chi connectivity index (χ3n) is 2.09. The topological polar surface area (TPSA) is 66.9 Å². The van der Waals surface area contributed by atoms with Gasteiger partial charge in [-0.1, -0.05) is 23.1 Å². The number of hydrogen-bond acceptors (Lipinski definition) is 6. The second-order valence-electron chi connectivity index (χ2n) is 4.30. The van der Waals surface area contributed by atoms with E-state index in [1.165, 1.54) is 35.9 Å². The highest BCUT2D eigenvalue weighted by molar-refractivity contribution is 8.01. The van der Waals surface area contributed by atoms with E-state index in [2.05, 4.69) is 20.8 Å². The monoisotopic (exact) mass is 272 g/mol. The Labute approximate surface area is 109 Å². The average molecular weight is 272 g/mol. The number of aromatic nitrogens is 2. The maximum Gasteiger partial charge on any atom is 0.230 e. The average Bonchev–Trinajstić information content (AvgIpc) is 2.93. The Morgan fingerprint density at radius 3 is 2.94 bits per heavy atom. The standard InChI is InChI=1S/C10H16N4OS2/c1-6(2)11-8(15)5-16-10-14-13-9(17-10)12-7-3-4-7/h6-7H,3-5H2,1-2H3,(H,11,15)(H,12,13). The number of rotatable bonds is 6. The zero-order valence-corrected chi connectivity index (χ0v) is 11.5. The SMILES string of the molecule is CC(C)NC(=O)CSc1nnc(NC2CC2)s1. The van der Waals surface area contributed by atoms with E-state index in [0.717, 1.165) is 9.47 Å². The minimum Gasteiger partial charge on any atom is -0.357 e. The summed E-state index contributed by atoms with van der Waals surface area (Å²) in [6, 6.07) is 0.773. The van der Waals surface area contributed by atoms with Crippen LogP contribution in [-0.2, 0) is 4.79 Å². The molecule has 17 heavy (non-hydrogen) atoms. The van der Waals surface area contributed by atoms with Crippen molar-refractivity contribution in [3.05, 3.63) is 0 Å². The van der Waals surface area contributed by atoms with Crippen LogP contribution in [-0.4, -0.2) is 33.9 Å². The summed E-state index contributed by atoms with van der Waals surface area (Å²) in [5, 5.41) is 15.1. The van der Waals surface area contributed by atoms with Crippen molar-refractivity contribution in [1.82, 2.24) is 15.5 Å². The van der Waals surface area contributed by atoms with Crippen LogP contribution in [0.3, 0.4) is 0 Å². The van der Waals surface area contributed by atoms with Gasteiger partial charge >= 0.3 is 0 Å². The smallest absolute Gasteiger partial charge is 0.230 e. The first-order valence-corrected chi connectivity index (χ1v) is 7.46. The van der Waals surface area contributed by atoms with Crippen molar-refractivity contribution in [2.45, 2.75) is 43.1 Å². The molecule has 0 bridgehead atoms. The van der Waals surface area contributed by atoms with E-state index in [9.17, 15) is 4.79 Å². The van der Waals surface area contributed by atoms with Crippen LogP contribution < -0.4 is 10.6 Å². The molecule has 1 aromatic heterocycles. The van der Waals surface area contributed by atoms with Gasteiger partial charge in [-0.05, 0) is 26.7 Å². The fraction of sp³-hybridized carbons (Fsp3) is 0.700. The Morgan fingerprint density at radius 2 is 2.29 bits per heavy atom. The van der Waals surface area contributed by atoms with E-state index in [1.54, 1.807) is 0 Å². The highest BCUT2D eigenvalue weighted by atomic mass is 32.2. The molecule has 0 atom stereocenters. The lowest BCUT2D eigenvalue weighted by atomic mass is 10.4. The second kappa shape index (κ2) is 5.68. The number of anilines is 1. The van der Waals surface area contributed by atoms with Crippen molar-refractivity contribution >= 4 is 34.1 Å². The molecule has 1 aliphatic carbocycles. The number of thioether (sulfide) groups is 1. The minimum absolute atomic E-state index is 0.0388. The lowest BCUT2D eigenvalue weighted by molar-refractivity contribution is -0.119. The molecule has 1 saturated carbocycles. The van der Waals surface area contributed by atoms with Crippen molar-refractivity contribution in [1.29, 1.82) is 0 Å². The zero-order chi connectivity index (χ0) is 12.3. The van der Waals surface area contributed by atoms with Crippen LogP contribution >= 0.6 is 23.1 Å². The first-order valence-electron chi connectivity index (χ1n) is 5.65. The van der Waals surface area contributed by atoms with Gasteiger partial charge in [-0.15, -0.1) is 10.2 Å². The van der Waals surface area contributed by atoms with Gasteiger partial charge in [0.2, 0.25) is 11.0 Å². The molecule has 0 aromatic carbocycles. The number of hydrogen-bond donors (Lipinski definition) is 2. The van der Waals surface area contributed by atoms with Crippen LogP contribution in [0.5, 0.6) is 0 Å². The normalized spacial score (nSPS) is 15.0. The van der Waals surface area contributed by atoms with Gasteiger partial charge in [-0.3, -0.25) is 4.79 Å². The Kier molecular flexibility index (Phi) is 4.22. The number of nitrogens with one attached hydrogen (secondary N) is 2. The third-order valence-corrected chi connectivity index (χ3v) is 4.08. The summed E-state index contributed by atoms with van der Waals surface area (Å²) in [6.07, 6.45) is 2.44. The van der Waals surface area contributed by atoms with Crippen LogP contribution in [0, 0.1) is 0 Å². The Hall–Kier alpha value is -0.820. The number of amides is 1. The lowest BCUT2D eigenvalue weighted by Crippen LogP contribution is -2.31. The molecule has 0 saturated heterocycles. The molecule has 7 heteroatoms. The first-order chi connectivity index (χ1) is 8.13. The van der Waals surface area contributed by atoms with Crippen LogP contribution in [0.25, 0.3) is 0 Å². The molecule has 2 N–H and O–H groups in total. The highest BCUT2D eigenvalue weighted by Gasteiger charge is 2.22. The predicted molar refractivity (Wildman–Crippen MR) is 70.6 cm³/mol. The third kappa shape index (κ3) is 4.51. The minimum atomic E-state index is 0.0388. The van der Waals surface area contributed by atoms with E-state index in [1.807, 2.05) is 13.8 Å². The molecule has 1 amide bonds. The number of carbonyl (C=O) groups is 1. The molecule has 5 nitrogen and oxygen atoms in total. The van der Waals surface area contributed by atoms with Crippen molar-refractivity contribution in [2.24, 2.45) is 0 Å². The molecule has 0 unspecified atom stereocenters. The molecule has 0 spiro atoms. The van der Waals surface area contributed by atoms with Crippen LogP contribution in [0.2, 0.25) is 0 Å². The molecule has 0 radical (unpaired) electrons. The van der Waals surface area contributed by atoms with E-state index >= 15 is 0 Å². The lowest BCUT2D eigenvalue weighted by Gasteiger charge is -2.06. The molecule has 94 valence electrons. The fourth-order valence-electron chi connectivity index (χ4n) is 1.22. The van der Waals surface area contributed by atoms with Gasteiger partial charge in [0.1, 0.15) is 0 Å². The van der Waals surface area contributed by atoms with Gasteiger partial charge in [0.15, 0.2) is 4.34 Å². The van der Waals surface area contributed by atoms with Gasteiger partial charge in [0.05, 0.1) is 5.75 Å². The van der Waals surface area contributed by atoms with Crippen LogP contribution in [0.4, 0.5) is 5.13 Å². The van der Waals surface area contributed by atoms with E-state index in [4.69, 9.17) is 0 Å². The van der Waals surface area contributed by atoms with E-state index in [-0.39, 0.29) is 11.9 Å². The highest BCUT2D eigenvalue weighted by Crippen LogP contribution is 2.29. The van der Waals surface area contributed by atoms with E-state index < -0.39 is 0 Å². The molecule has 2 rings (SSSR count). The summed E-state index contributed by atoms with van der Waals surface area (Å²) in [5.74, 6) is 0.438. The van der Waals surface area contributed by atoms with Gasteiger partial charge < -0.3 is 10.6 Å². The van der Waals surface area contributed by atoms with Crippen LogP contribution in [0.15, 0.2) is 4.34 Å². The van der Waals surface area contributed by atoms with Crippen LogP contribution in [0.1, 0.15) is 26.7 Å². The maximum atomic E-state index is 11.4. The zero-order valence-electron chi connectivity index (χ0n) is 9.90. The van der Waals surface area contributed by atoms with Crippen molar-refractivity contribution in [3.63, 3.8) is 0 Å². The summed E-state index contributed by atoms with van der Waals surface area (Å²) < 4.78 is 0.840. The van der Waals surface area contributed by atoms with Gasteiger partial charge in [-0.25, -0.2) is 0 Å². The molecular weight excluding hydrogens is 256 g/mol. The van der Waals surface area contributed by atoms with Crippen molar-refractivity contribution in [2.75, 3.05) is 11.1 Å². The van der Waals surface area contributed by atoms with Crippen molar-refractivity contribution in [3.8, 4) is 0 Å². The second-order valence-corrected chi connectivity index (χ2v) is 6.50. The molecule has 1 aromatic rings. The Morgan fingerprint density at radius 1 is 1.53 bits per heavy atom. The Balaban J connectivity index is 1.74. The number of carbonyl (C=O) groups excluding carboxylic acids is 1. The fourth-order valence-corrected chi connectivity index (χ4v) is 2.86. The molecule has 1 aliphatic rings. The molecule has 1 fully saturated rings. The van der Waals surface area contributed by atoms with Gasteiger partial charge in [0.25, 0.3) is 0 Å². The summed E-state index contributed by atoms with van der Waals surface area (Å²) in [7, 11) is 0. The van der Waals surface area contributed by atoms with Crippen molar-refractivity contribution < 1.29 is 4.79 Å². The number of nitrogens with zero attached hydrogens (tertiary/aromatic N) is 2.